The van der Waals surface area contributed by atoms with E-state index in [9.17, 15) is 18.7 Å². The molecule has 4 nitrogen and oxygen atoms in total. The van der Waals surface area contributed by atoms with Crippen LogP contribution >= 0.6 is 0 Å². The Morgan fingerprint density at radius 1 is 1.36 bits per heavy atom. The van der Waals surface area contributed by atoms with Crippen molar-refractivity contribution < 1.29 is 18.7 Å². The molecule has 2 atom stereocenters. The van der Waals surface area contributed by atoms with Gasteiger partial charge < -0.3 is 15.0 Å². The molecule has 1 saturated heterocycles. The molecule has 1 aromatic heterocycles. The first-order valence-electron chi connectivity index (χ1n) is 7.05. The van der Waals surface area contributed by atoms with Crippen LogP contribution in [0.5, 0.6) is 0 Å². The van der Waals surface area contributed by atoms with E-state index < -0.39 is 23.8 Å². The van der Waals surface area contributed by atoms with E-state index in [2.05, 4.69) is 4.98 Å². The van der Waals surface area contributed by atoms with Crippen LogP contribution in [-0.2, 0) is 0 Å². The maximum absolute atomic E-state index is 14.0. The van der Waals surface area contributed by atoms with Crippen LogP contribution in [0.15, 0.2) is 30.5 Å². The molecule has 0 aliphatic carbocycles. The lowest BCUT2D eigenvalue weighted by Gasteiger charge is -2.25. The summed E-state index contributed by atoms with van der Waals surface area (Å²) in [7, 11) is 0. The summed E-state index contributed by atoms with van der Waals surface area (Å²) in [6.07, 6.45) is 1.07. The number of aryl methyl sites for hydroxylation is 1. The number of β-amino-alcohol motifs (C(OH)–C–C–N with tert-alkyl or cyclic N) is 1. The number of hydrogen-bond donors (Lipinski definition) is 2. The van der Waals surface area contributed by atoms with Crippen molar-refractivity contribution in [1.82, 2.24) is 9.88 Å². The summed E-state index contributed by atoms with van der Waals surface area (Å²) < 4.78 is 27.4. The van der Waals surface area contributed by atoms with Gasteiger partial charge in [-0.2, -0.15) is 0 Å². The van der Waals surface area contributed by atoms with E-state index in [0.29, 0.717) is 5.69 Å². The van der Waals surface area contributed by atoms with E-state index in [1.165, 1.54) is 4.90 Å². The first-order chi connectivity index (χ1) is 10.5. The van der Waals surface area contributed by atoms with E-state index in [0.717, 1.165) is 23.8 Å². The molecule has 1 aliphatic heterocycles. The van der Waals surface area contributed by atoms with Crippen molar-refractivity contribution in [2.24, 2.45) is 0 Å². The summed E-state index contributed by atoms with van der Waals surface area (Å²) in [6.45, 7) is 1.88. The monoisotopic (exact) mass is 306 g/mol. The molecule has 116 valence electrons. The summed E-state index contributed by atoms with van der Waals surface area (Å²) in [6, 6.07) is 4.24. The summed E-state index contributed by atoms with van der Waals surface area (Å²) >= 11 is 0. The highest BCUT2D eigenvalue weighted by Gasteiger charge is 2.37. The first kappa shape index (κ1) is 14.7. The lowest BCUT2D eigenvalue weighted by Crippen LogP contribution is -2.32. The van der Waals surface area contributed by atoms with Crippen LogP contribution in [0.1, 0.15) is 34.1 Å². The molecule has 1 aromatic carbocycles. The van der Waals surface area contributed by atoms with Crippen molar-refractivity contribution >= 4 is 5.91 Å². The van der Waals surface area contributed by atoms with Crippen LogP contribution in [0.25, 0.3) is 0 Å². The van der Waals surface area contributed by atoms with Crippen molar-refractivity contribution in [2.75, 3.05) is 6.54 Å². The van der Waals surface area contributed by atoms with Gasteiger partial charge in [-0.3, -0.25) is 4.79 Å². The highest BCUT2D eigenvalue weighted by atomic mass is 19.1. The number of benzene rings is 1. The van der Waals surface area contributed by atoms with Gasteiger partial charge in [-0.1, -0.05) is 0 Å². The van der Waals surface area contributed by atoms with Gasteiger partial charge in [0, 0.05) is 18.3 Å². The Hall–Kier alpha value is -2.21. The number of amides is 1. The van der Waals surface area contributed by atoms with Crippen LogP contribution in [0, 0.1) is 18.6 Å². The van der Waals surface area contributed by atoms with Crippen LogP contribution in [-0.4, -0.2) is 33.5 Å². The van der Waals surface area contributed by atoms with Gasteiger partial charge in [0.25, 0.3) is 5.91 Å². The number of hydrogen-bond acceptors (Lipinski definition) is 2. The van der Waals surface area contributed by atoms with Crippen LogP contribution in [0.3, 0.4) is 0 Å². The van der Waals surface area contributed by atoms with Crippen LogP contribution in [0.2, 0.25) is 0 Å². The topological polar surface area (TPSA) is 56.3 Å². The minimum atomic E-state index is -0.758. The van der Waals surface area contributed by atoms with E-state index in [1.54, 1.807) is 19.2 Å². The number of aromatic nitrogens is 1. The highest BCUT2D eigenvalue weighted by Crippen LogP contribution is 2.35. The molecular weight excluding hydrogens is 290 g/mol. The maximum Gasteiger partial charge on any atom is 0.271 e. The van der Waals surface area contributed by atoms with Gasteiger partial charge in [-0.25, -0.2) is 8.78 Å². The molecule has 0 spiro atoms. The largest absolute Gasteiger partial charge is 0.391 e. The number of rotatable bonds is 2. The molecule has 3 rings (SSSR count). The molecule has 2 N–H and O–H groups in total. The summed E-state index contributed by atoms with van der Waals surface area (Å²) in [4.78, 5) is 16.9. The van der Waals surface area contributed by atoms with Gasteiger partial charge >= 0.3 is 0 Å². The number of nitrogens with zero attached hydrogens (tertiary/aromatic N) is 1. The Kier molecular flexibility index (Phi) is 3.70. The summed E-state index contributed by atoms with van der Waals surface area (Å²) in [5.41, 5.74) is 1.26. The highest BCUT2D eigenvalue weighted by molar-refractivity contribution is 5.94. The van der Waals surface area contributed by atoms with Crippen molar-refractivity contribution in [3.05, 3.63) is 58.9 Å². The number of halogens is 2. The Bertz CT molecular complexity index is 714. The number of aliphatic hydroxyl groups excluding tert-OH is 1. The van der Waals surface area contributed by atoms with Gasteiger partial charge in [-0.15, -0.1) is 0 Å². The molecule has 22 heavy (non-hydrogen) atoms. The lowest BCUT2D eigenvalue weighted by atomic mass is 10.0. The molecule has 0 saturated carbocycles. The Morgan fingerprint density at radius 3 is 2.82 bits per heavy atom. The third kappa shape index (κ3) is 2.50. The van der Waals surface area contributed by atoms with Crippen LogP contribution in [0.4, 0.5) is 8.78 Å². The second kappa shape index (κ2) is 5.53. The number of carbonyl (C=O) groups is 1. The molecule has 1 fully saturated rings. The van der Waals surface area contributed by atoms with Crippen molar-refractivity contribution in [3.8, 4) is 0 Å². The van der Waals surface area contributed by atoms with Gasteiger partial charge in [0.15, 0.2) is 0 Å². The fourth-order valence-corrected chi connectivity index (χ4v) is 2.92. The van der Waals surface area contributed by atoms with E-state index >= 15 is 0 Å². The third-order valence-corrected chi connectivity index (χ3v) is 4.03. The van der Waals surface area contributed by atoms with Gasteiger partial charge in [-0.05, 0) is 43.2 Å². The normalized spacial score (nSPS) is 21.4. The summed E-state index contributed by atoms with van der Waals surface area (Å²) in [5.74, 6) is -1.48. The zero-order valence-electron chi connectivity index (χ0n) is 12.0. The Balaban J connectivity index is 1.98. The predicted molar refractivity (Wildman–Crippen MR) is 76.3 cm³/mol. The molecule has 2 aromatic rings. The van der Waals surface area contributed by atoms with E-state index in [1.807, 2.05) is 0 Å². The molecule has 6 heteroatoms. The molecule has 0 bridgehead atoms. The zero-order valence-corrected chi connectivity index (χ0v) is 12.0. The smallest absolute Gasteiger partial charge is 0.271 e. The quantitative estimate of drug-likeness (QED) is 0.896. The third-order valence-electron chi connectivity index (χ3n) is 4.03. The fourth-order valence-electron chi connectivity index (χ4n) is 2.92. The minimum Gasteiger partial charge on any atom is -0.391 e. The number of carbonyl (C=O) groups excluding carboxylic acids is 1. The SMILES string of the molecule is Cc1cc[nH]c1C(=O)N1C[C@H](O)C[C@H]1c1cc(F)ccc1F. The van der Waals surface area contributed by atoms with Crippen molar-refractivity contribution in [3.63, 3.8) is 0 Å². The van der Waals surface area contributed by atoms with Gasteiger partial charge in [0.2, 0.25) is 0 Å². The molecular formula is C16H16F2N2O2. The average Bonchev–Trinajstić information content (AvgIpc) is 3.07. The number of likely N-dealkylation sites (tertiary alicyclic amines) is 1. The maximum atomic E-state index is 14.0. The zero-order chi connectivity index (χ0) is 15.9. The molecule has 2 heterocycles. The van der Waals surface area contributed by atoms with E-state index in [4.69, 9.17) is 0 Å². The molecule has 0 radical (unpaired) electrons. The second-order valence-corrected chi connectivity index (χ2v) is 5.56. The van der Waals surface area contributed by atoms with Crippen LogP contribution < -0.4 is 0 Å². The van der Waals surface area contributed by atoms with Crippen molar-refractivity contribution in [1.29, 1.82) is 0 Å². The lowest BCUT2D eigenvalue weighted by molar-refractivity contribution is 0.0707. The predicted octanol–water partition coefficient (Wildman–Crippen LogP) is 2.55. The minimum absolute atomic E-state index is 0.0918. The number of aliphatic hydroxyl groups is 1. The molecule has 0 unspecified atom stereocenters. The van der Waals surface area contributed by atoms with Crippen molar-refractivity contribution in [2.45, 2.75) is 25.5 Å². The Morgan fingerprint density at radius 2 is 2.14 bits per heavy atom. The Labute approximate surface area is 126 Å². The standard InChI is InChI=1S/C16H16F2N2O2/c1-9-4-5-19-15(9)16(22)20-8-11(21)7-14(20)12-6-10(17)2-3-13(12)18/h2-6,11,14,19,21H,7-8H2,1H3/t11-,14+/m1/s1. The van der Waals surface area contributed by atoms with Gasteiger partial charge in [0.05, 0.1) is 12.1 Å². The second-order valence-electron chi connectivity index (χ2n) is 5.56. The average molecular weight is 306 g/mol. The fraction of sp³-hybridized carbons (Fsp3) is 0.312. The number of aromatic amines is 1. The molecule has 1 amide bonds. The first-order valence-corrected chi connectivity index (χ1v) is 7.05. The summed E-state index contributed by atoms with van der Waals surface area (Å²) in [5, 5.41) is 9.89. The van der Waals surface area contributed by atoms with Gasteiger partial charge in [0.1, 0.15) is 17.3 Å². The number of H-pyrrole nitrogens is 1. The van der Waals surface area contributed by atoms with E-state index in [-0.39, 0.29) is 24.4 Å². The molecule has 1 aliphatic rings. The number of nitrogens with one attached hydrogen (secondary N) is 1.